The van der Waals surface area contributed by atoms with Crippen molar-refractivity contribution in [1.29, 1.82) is 0 Å². The minimum atomic E-state index is 0.177. The molecule has 0 aliphatic carbocycles. The third-order valence-corrected chi connectivity index (χ3v) is 5.27. The molecule has 1 unspecified atom stereocenters. The standard InChI is InChI=1S/C21H24N2O2/c24-21(15-16-5-6-20-18(14-16)9-13-25-20)23-12-3-1-2-4-19(23)17-7-10-22-11-8-17/h5-8,10-11,14,19H,1-4,9,12-13,15H2. The van der Waals surface area contributed by atoms with E-state index in [2.05, 4.69) is 16.0 Å². The number of amides is 1. The van der Waals surface area contributed by atoms with Crippen LogP contribution in [0, 0.1) is 0 Å². The van der Waals surface area contributed by atoms with Gasteiger partial charge in [-0.25, -0.2) is 0 Å². The zero-order chi connectivity index (χ0) is 17.1. The van der Waals surface area contributed by atoms with Crippen molar-refractivity contribution >= 4 is 5.91 Å². The molecule has 0 bridgehead atoms. The molecule has 1 saturated heterocycles. The Hall–Kier alpha value is -2.36. The molecular weight excluding hydrogens is 312 g/mol. The molecule has 4 heteroatoms. The van der Waals surface area contributed by atoms with Gasteiger partial charge < -0.3 is 9.64 Å². The molecule has 2 aliphatic heterocycles. The van der Waals surface area contributed by atoms with Gasteiger partial charge in [-0.15, -0.1) is 0 Å². The Morgan fingerprint density at radius 1 is 1.16 bits per heavy atom. The van der Waals surface area contributed by atoms with Gasteiger partial charge in [0, 0.05) is 25.4 Å². The van der Waals surface area contributed by atoms with Crippen LogP contribution in [-0.2, 0) is 17.6 Å². The predicted octanol–water partition coefficient (Wildman–Crippen LogP) is 3.70. The molecular formula is C21H24N2O2. The highest BCUT2D eigenvalue weighted by atomic mass is 16.5. The summed E-state index contributed by atoms with van der Waals surface area (Å²) in [6, 6.07) is 10.4. The molecule has 0 saturated carbocycles. The van der Waals surface area contributed by atoms with E-state index in [1.54, 1.807) is 0 Å². The Balaban J connectivity index is 1.54. The van der Waals surface area contributed by atoms with Crippen LogP contribution in [0.5, 0.6) is 5.75 Å². The smallest absolute Gasteiger partial charge is 0.227 e. The quantitative estimate of drug-likeness (QED) is 0.858. The molecule has 4 rings (SSSR count). The summed E-state index contributed by atoms with van der Waals surface area (Å²) in [5.74, 6) is 1.20. The van der Waals surface area contributed by atoms with Crippen molar-refractivity contribution < 1.29 is 9.53 Å². The van der Waals surface area contributed by atoms with Gasteiger partial charge in [-0.3, -0.25) is 9.78 Å². The van der Waals surface area contributed by atoms with Crippen molar-refractivity contribution in [2.45, 2.75) is 44.6 Å². The van der Waals surface area contributed by atoms with Gasteiger partial charge in [0.15, 0.2) is 0 Å². The van der Waals surface area contributed by atoms with E-state index in [9.17, 15) is 4.79 Å². The first-order valence-corrected chi connectivity index (χ1v) is 9.25. The highest BCUT2D eigenvalue weighted by Gasteiger charge is 2.27. The van der Waals surface area contributed by atoms with Crippen molar-refractivity contribution in [3.05, 3.63) is 59.4 Å². The molecule has 3 heterocycles. The number of aromatic nitrogens is 1. The highest BCUT2D eigenvalue weighted by Crippen LogP contribution is 2.31. The first-order chi connectivity index (χ1) is 12.3. The first-order valence-electron chi connectivity index (χ1n) is 9.25. The molecule has 0 spiro atoms. The van der Waals surface area contributed by atoms with Crippen LogP contribution in [0.25, 0.3) is 0 Å². The second-order valence-electron chi connectivity index (χ2n) is 6.95. The van der Waals surface area contributed by atoms with Crippen molar-refractivity contribution in [3.63, 3.8) is 0 Å². The lowest BCUT2D eigenvalue weighted by Crippen LogP contribution is -2.35. The minimum absolute atomic E-state index is 0.177. The second-order valence-corrected chi connectivity index (χ2v) is 6.95. The lowest BCUT2D eigenvalue weighted by molar-refractivity contribution is -0.132. The van der Waals surface area contributed by atoms with E-state index in [0.29, 0.717) is 6.42 Å². The number of benzene rings is 1. The molecule has 2 aromatic rings. The van der Waals surface area contributed by atoms with Gasteiger partial charge in [-0.2, -0.15) is 0 Å². The van der Waals surface area contributed by atoms with Gasteiger partial charge in [-0.05, 0) is 47.7 Å². The largest absolute Gasteiger partial charge is 0.493 e. The van der Waals surface area contributed by atoms with Crippen molar-refractivity contribution in [2.24, 2.45) is 0 Å². The molecule has 0 radical (unpaired) electrons. The van der Waals surface area contributed by atoms with Crippen LogP contribution in [0.2, 0.25) is 0 Å². The average Bonchev–Trinajstić information content (AvgIpc) is 2.96. The summed E-state index contributed by atoms with van der Waals surface area (Å²) in [6.45, 7) is 1.60. The Bertz CT molecular complexity index is 745. The number of ether oxygens (including phenoxy) is 1. The van der Waals surface area contributed by atoms with E-state index in [1.165, 1.54) is 24.0 Å². The van der Waals surface area contributed by atoms with Gasteiger partial charge >= 0.3 is 0 Å². The molecule has 130 valence electrons. The number of nitrogens with zero attached hydrogens (tertiary/aromatic N) is 2. The number of hydrogen-bond donors (Lipinski definition) is 0. The number of fused-ring (bicyclic) bond motifs is 1. The third-order valence-electron chi connectivity index (χ3n) is 5.27. The first kappa shape index (κ1) is 16.1. The maximum atomic E-state index is 13.1. The molecule has 1 aromatic heterocycles. The predicted molar refractivity (Wildman–Crippen MR) is 96.5 cm³/mol. The molecule has 0 N–H and O–H groups in total. The van der Waals surface area contributed by atoms with E-state index >= 15 is 0 Å². The summed E-state index contributed by atoms with van der Waals surface area (Å²) in [5.41, 5.74) is 3.52. The van der Waals surface area contributed by atoms with E-state index in [0.717, 1.165) is 43.7 Å². The summed E-state index contributed by atoms with van der Waals surface area (Å²) in [5, 5.41) is 0. The van der Waals surface area contributed by atoms with Crippen LogP contribution in [0.1, 0.15) is 48.4 Å². The minimum Gasteiger partial charge on any atom is -0.493 e. The molecule has 1 amide bonds. The van der Waals surface area contributed by atoms with E-state index in [1.807, 2.05) is 36.7 Å². The third kappa shape index (κ3) is 3.53. The summed E-state index contributed by atoms with van der Waals surface area (Å²) in [4.78, 5) is 19.3. The number of carbonyl (C=O) groups is 1. The van der Waals surface area contributed by atoms with Gasteiger partial charge in [0.2, 0.25) is 5.91 Å². The fraction of sp³-hybridized carbons (Fsp3) is 0.429. The number of hydrogen-bond acceptors (Lipinski definition) is 3. The van der Waals surface area contributed by atoms with E-state index < -0.39 is 0 Å². The van der Waals surface area contributed by atoms with Crippen molar-refractivity contribution in [2.75, 3.05) is 13.2 Å². The van der Waals surface area contributed by atoms with Crippen LogP contribution in [0.4, 0.5) is 0 Å². The van der Waals surface area contributed by atoms with E-state index in [4.69, 9.17) is 4.74 Å². The Labute approximate surface area is 148 Å². The zero-order valence-electron chi connectivity index (χ0n) is 14.5. The molecule has 1 fully saturated rings. The van der Waals surface area contributed by atoms with Crippen LogP contribution in [0.15, 0.2) is 42.7 Å². The highest BCUT2D eigenvalue weighted by molar-refractivity contribution is 5.79. The van der Waals surface area contributed by atoms with Crippen LogP contribution in [0.3, 0.4) is 0 Å². The normalized spacial score (nSPS) is 19.8. The van der Waals surface area contributed by atoms with Crippen LogP contribution < -0.4 is 4.74 Å². The summed E-state index contributed by atoms with van der Waals surface area (Å²) in [7, 11) is 0. The van der Waals surface area contributed by atoms with Gasteiger partial charge in [0.1, 0.15) is 5.75 Å². The molecule has 1 aromatic carbocycles. The van der Waals surface area contributed by atoms with Gasteiger partial charge in [0.05, 0.1) is 19.1 Å². The topological polar surface area (TPSA) is 42.4 Å². The fourth-order valence-corrected chi connectivity index (χ4v) is 3.97. The Kier molecular flexibility index (Phi) is 4.68. The summed E-state index contributed by atoms with van der Waals surface area (Å²) < 4.78 is 5.56. The number of likely N-dealkylation sites (tertiary alicyclic amines) is 1. The van der Waals surface area contributed by atoms with Crippen molar-refractivity contribution in [3.8, 4) is 5.75 Å². The average molecular weight is 336 g/mol. The number of rotatable bonds is 3. The maximum absolute atomic E-state index is 13.1. The summed E-state index contributed by atoms with van der Waals surface area (Å²) >= 11 is 0. The number of carbonyl (C=O) groups excluding carboxylic acids is 1. The Morgan fingerprint density at radius 3 is 2.92 bits per heavy atom. The Morgan fingerprint density at radius 2 is 2.04 bits per heavy atom. The lowest BCUT2D eigenvalue weighted by Gasteiger charge is -2.30. The molecule has 1 atom stereocenters. The van der Waals surface area contributed by atoms with E-state index in [-0.39, 0.29) is 11.9 Å². The lowest BCUT2D eigenvalue weighted by atomic mass is 10.0. The number of pyridine rings is 1. The maximum Gasteiger partial charge on any atom is 0.227 e. The van der Waals surface area contributed by atoms with Crippen molar-refractivity contribution in [1.82, 2.24) is 9.88 Å². The van der Waals surface area contributed by atoms with Gasteiger partial charge in [0.25, 0.3) is 0 Å². The SMILES string of the molecule is O=C(Cc1ccc2c(c1)CCO2)N1CCCCCC1c1ccncc1. The molecule has 2 aliphatic rings. The summed E-state index contributed by atoms with van der Waals surface area (Å²) in [6.07, 6.45) is 9.55. The second kappa shape index (κ2) is 7.26. The molecule has 4 nitrogen and oxygen atoms in total. The van der Waals surface area contributed by atoms with Crippen LogP contribution in [-0.4, -0.2) is 28.9 Å². The fourth-order valence-electron chi connectivity index (χ4n) is 3.97. The molecule has 25 heavy (non-hydrogen) atoms. The van der Waals surface area contributed by atoms with Crippen LogP contribution >= 0.6 is 0 Å². The zero-order valence-corrected chi connectivity index (χ0v) is 14.5. The van der Waals surface area contributed by atoms with Gasteiger partial charge in [-0.1, -0.05) is 25.0 Å². The monoisotopic (exact) mass is 336 g/mol.